The van der Waals surface area contributed by atoms with Crippen LogP contribution in [0, 0.1) is 0 Å². The first-order valence-corrected chi connectivity index (χ1v) is 5.46. The van der Waals surface area contributed by atoms with Crippen molar-refractivity contribution in [1.29, 1.82) is 0 Å². The van der Waals surface area contributed by atoms with Crippen LogP contribution in [0.1, 0.15) is 0 Å². The number of anilines is 1. The molecule has 0 saturated heterocycles. The van der Waals surface area contributed by atoms with Crippen LogP contribution in [0.5, 0.6) is 0 Å². The lowest BCUT2D eigenvalue weighted by Crippen LogP contribution is -2.38. The zero-order valence-electron chi connectivity index (χ0n) is 8.69. The fraction of sp³-hybridized carbons (Fsp3) is 0.222. The van der Waals surface area contributed by atoms with E-state index in [1.807, 2.05) is 0 Å². The summed E-state index contributed by atoms with van der Waals surface area (Å²) >= 11 is 1.25. The quantitative estimate of drug-likeness (QED) is 0.656. The number of nitrogens with one attached hydrogen (secondary N) is 2. The van der Waals surface area contributed by atoms with E-state index in [9.17, 15) is 9.59 Å². The molecule has 0 unspecified atom stereocenters. The van der Waals surface area contributed by atoms with Crippen molar-refractivity contribution in [3.8, 4) is 0 Å². The maximum absolute atomic E-state index is 11.2. The first-order chi connectivity index (χ1) is 7.63. The van der Waals surface area contributed by atoms with E-state index in [2.05, 4.69) is 15.6 Å². The van der Waals surface area contributed by atoms with Crippen molar-refractivity contribution >= 4 is 29.4 Å². The summed E-state index contributed by atoms with van der Waals surface area (Å²) in [5, 5.41) is 4.44. The van der Waals surface area contributed by atoms with Crippen LogP contribution in [0.3, 0.4) is 0 Å². The summed E-state index contributed by atoms with van der Waals surface area (Å²) in [4.78, 5) is 26.7. The highest BCUT2D eigenvalue weighted by atomic mass is 32.2. The van der Waals surface area contributed by atoms with Crippen molar-refractivity contribution in [2.24, 2.45) is 0 Å². The van der Waals surface area contributed by atoms with E-state index in [4.69, 9.17) is 5.73 Å². The molecule has 0 aliphatic rings. The Hall–Kier alpha value is -1.76. The van der Waals surface area contributed by atoms with Gasteiger partial charge in [-0.3, -0.25) is 15.1 Å². The molecule has 3 amide bonds. The molecule has 86 valence electrons. The molecule has 0 aliphatic carbocycles. The van der Waals surface area contributed by atoms with E-state index in [0.29, 0.717) is 5.69 Å². The number of aromatic nitrogens is 1. The van der Waals surface area contributed by atoms with Gasteiger partial charge in [0.1, 0.15) is 0 Å². The molecule has 0 aromatic carbocycles. The number of thioether (sulfide) groups is 1. The fourth-order valence-electron chi connectivity index (χ4n) is 0.894. The number of nitrogens with zero attached hydrogens (tertiary/aromatic N) is 1. The molecular formula is C9H12N4O2S. The van der Waals surface area contributed by atoms with Crippen molar-refractivity contribution in [1.82, 2.24) is 15.6 Å². The Labute approximate surface area is 97.0 Å². The van der Waals surface area contributed by atoms with Gasteiger partial charge in [0, 0.05) is 18.1 Å². The van der Waals surface area contributed by atoms with Gasteiger partial charge in [-0.2, -0.15) is 0 Å². The predicted octanol–water partition coefficient (Wildman–Crippen LogP) is 0.212. The fourth-order valence-corrected chi connectivity index (χ4v) is 1.63. The highest BCUT2D eigenvalue weighted by Crippen LogP contribution is 2.22. The number of nitrogen functional groups attached to an aromatic ring is 1. The molecule has 0 saturated carbocycles. The molecule has 16 heavy (non-hydrogen) atoms. The van der Waals surface area contributed by atoms with Crippen molar-refractivity contribution in [2.45, 2.75) is 4.90 Å². The molecule has 1 rings (SSSR count). The third-order valence-electron chi connectivity index (χ3n) is 1.65. The molecular weight excluding hydrogens is 228 g/mol. The average molecular weight is 240 g/mol. The number of imide groups is 1. The largest absolute Gasteiger partial charge is 0.397 e. The standard InChI is InChI=1S/C9H12N4O2S/c1-11-9(15)13-8(14)5-16-7-2-3-12-4-6(7)10/h2-4H,5,10H2,1H3,(H2,11,13,14,15). The predicted molar refractivity (Wildman–Crippen MR) is 62.0 cm³/mol. The van der Waals surface area contributed by atoms with Crippen LogP contribution >= 0.6 is 11.8 Å². The Bertz CT molecular complexity index is 397. The Morgan fingerprint density at radius 2 is 2.31 bits per heavy atom. The van der Waals surface area contributed by atoms with Crippen LogP contribution in [0.25, 0.3) is 0 Å². The summed E-state index contributed by atoms with van der Waals surface area (Å²) in [5.74, 6) is -0.248. The van der Waals surface area contributed by atoms with Crippen LogP contribution in [0.15, 0.2) is 23.4 Å². The monoisotopic (exact) mass is 240 g/mol. The number of hydrogen-bond donors (Lipinski definition) is 3. The van der Waals surface area contributed by atoms with E-state index in [1.54, 1.807) is 12.3 Å². The molecule has 0 fully saturated rings. The number of urea groups is 1. The van der Waals surface area contributed by atoms with Gasteiger partial charge in [0.25, 0.3) is 0 Å². The Morgan fingerprint density at radius 1 is 1.56 bits per heavy atom. The molecule has 0 aliphatic heterocycles. The number of carbonyl (C=O) groups excluding carboxylic acids is 2. The topological polar surface area (TPSA) is 97.1 Å². The Morgan fingerprint density at radius 3 is 2.94 bits per heavy atom. The smallest absolute Gasteiger partial charge is 0.321 e. The second-order valence-electron chi connectivity index (χ2n) is 2.83. The van der Waals surface area contributed by atoms with Gasteiger partial charge in [-0.1, -0.05) is 0 Å². The molecule has 0 spiro atoms. The summed E-state index contributed by atoms with van der Waals surface area (Å²) in [6.45, 7) is 0. The van der Waals surface area contributed by atoms with Gasteiger partial charge < -0.3 is 11.1 Å². The lowest BCUT2D eigenvalue weighted by molar-refractivity contribution is -0.117. The van der Waals surface area contributed by atoms with E-state index < -0.39 is 6.03 Å². The number of rotatable bonds is 3. The minimum absolute atomic E-state index is 0.127. The minimum atomic E-state index is -0.520. The number of carbonyl (C=O) groups is 2. The number of amides is 3. The second-order valence-corrected chi connectivity index (χ2v) is 3.85. The normalized spacial score (nSPS) is 9.56. The molecule has 1 aromatic heterocycles. The van der Waals surface area contributed by atoms with Crippen LogP contribution < -0.4 is 16.4 Å². The van der Waals surface area contributed by atoms with Crippen molar-refractivity contribution < 1.29 is 9.59 Å². The van der Waals surface area contributed by atoms with Gasteiger partial charge in [-0.05, 0) is 6.07 Å². The zero-order valence-corrected chi connectivity index (χ0v) is 9.50. The van der Waals surface area contributed by atoms with Gasteiger partial charge in [-0.25, -0.2) is 4.79 Å². The summed E-state index contributed by atoms with van der Waals surface area (Å²) < 4.78 is 0. The minimum Gasteiger partial charge on any atom is -0.397 e. The van der Waals surface area contributed by atoms with Crippen molar-refractivity contribution in [3.63, 3.8) is 0 Å². The Kier molecular flexibility index (Phi) is 4.59. The molecule has 0 atom stereocenters. The summed E-state index contributed by atoms with van der Waals surface area (Å²) in [7, 11) is 1.44. The SMILES string of the molecule is CNC(=O)NC(=O)CSc1ccncc1N. The highest BCUT2D eigenvalue weighted by Gasteiger charge is 2.07. The summed E-state index contributed by atoms with van der Waals surface area (Å²) in [6.07, 6.45) is 3.11. The number of nitrogens with two attached hydrogens (primary N) is 1. The highest BCUT2D eigenvalue weighted by molar-refractivity contribution is 8.00. The molecule has 0 radical (unpaired) electrons. The van der Waals surface area contributed by atoms with Gasteiger partial charge in [0.15, 0.2) is 0 Å². The lowest BCUT2D eigenvalue weighted by Gasteiger charge is -2.04. The van der Waals surface area contributed by atoms with Gasteiger partial charge in [-0.15, -0.1) is 11.8 Å². The number of pyridine rings is 1. The van der Waals surface area contributed by atoms with Crippen LogP contribution in [0.2, 0.25) is 0 Å². The maximum atomic E-state index is 11.2. The average Bonchev–Trinajstić information content (AvgIpc) is 2.28. The molecule has 4 N–H and O–H groups in total. The summed E-state index contributed by atoms with van der Waals surface area (Å²) in [5.41, 5.74) is 6.15. The van der Waals surface area contributed by atoms with E-state index >= 15 is 0 Å². The third kappa shape index (κ3) is 3.77. The van der Waals surface area contributed by atoms with Gasteiger partial charge in [0.05, 0.1) is 17.6 Å². The first-order valence-electron chi connectivity index (χ1n) is 4.47. The van der Waals surface area contributed by atoms with Crippen molar-refractivity contribution in [2.75, 3.05) is 18.5 Å². The van der Waals surface area contributed by atoms with E-state index in [1.165, 1.54) is 25.0 Å². The number of hydrogen-bond acceptors (Lipinski definition) is 5. The first kappa shape index (κ1) is 12.3. The molecule has 1 aromatic rings. The molecule has 0 bridgehead atoms. The second kappa shape index (κ2) is 5.96. The van der Waals surface area contributed by atoms with E-state index in [0.717, 1.165) is 4.90 Å². The third-order valence-corrected chi connectivity index (χ3v) is 2.74. The zero-order chi connectivity index (χ0) is 12.0. The molecule has 6 nitrogen and oxygen atoms in total. The van der Waals surface area contributed by atoms with Gasteiger partial charge in [0.2, 0.25) is 5.91 Å². The summed E-state index contributed by atoms with van der Waals surface area (Å²) in [6, 6.07) is 1.20. The Balaban J connectivity index is 2.43. The lowest BCUT2D eigenvalue weighted by atomic mass is 10.4. The molecule has 1 heterocycles. The van der Waals surface area contributed by atoms with Crippen LogP contribution in [-0.4, -0.2) is 29.7 Å². The van der Waals surface area contributed by atoms with Gasteiger partial charge >= 0.3 is 6.03 Å². The van der Waals surface area contributed by atoms with Crippen LogP contribution in [0.4, 0.5) is 10.5 Å². The van der Waals surface area contributed by atoms with Crippen LogP contribution in [-0.2, 0) is 4.79 Å². The molecule has 7 heteroatoms. The van der Waals surface area contributed by atoms with E-state index in [-0.39, 0.29) is 11.7 Å². The maximum Gasteiger partial charge on any atom is 0.321 e. The van der Waals surface area contributed by atoms with Crippen molar-refractivity contribution in [3.05, 3.63) is 18.5 Å².